The number of para-hydroxylation sites is 1. The topological polar surface area (TPSA) is 276 Å². The molecule has 0 saturated carbocycles. The van der Waals surface area contributed by atoms with Gasteiger partial charge in [0.15, 0.2) is 5.96 Å². The van der Waals surface area contributed by atoms with Gasteiger partial charge in [-0.15, -0.1) is 0 Å². The van der Waals surface area contributed by atoms with E-state index in [0.717, 1.165) is 33.2 Å². The molecule has 1 aliphatic carbocycles. The van der Waals surface area contributed by atoms with Gasteiger partial charge in [0.1, 0.15) is 36.8 Å². The number of H-pyrrole nitrogens is 1. The second kappa shape index (κ2) is 23.1. The molecular weight excluding hydrogens is 817 g/mol. The second-order valence-electron chi connectivity index (χ2n) is 15.5. The lowest BCUT2D eigenvalue weighted by Crippen LogP contribution is -2.59. The van der Waals surface area contributed by atoms with Crippen LogP contribution in [-0.2, 0) is 35.1 Å². The van der Waals surface area contributed by atoms with Gasteiger partial charge in [0.25, 0.3) is 0 Å². The number of fused-ring (bicyclic) bond motifs is 4. The van der Waals surface area contributed by atoms with E-state index in [4.69, 9.17) is 21.6 Å². The molecule has 17 heteroatoms. The highest BCUT2D eigenvalue weighted by Crippen LogP contribution is 2.44. The van der Waals surface area contributed by atoms with Crippen molar-refractivity contribution in [3.05, 3.63) is 120 Å². The number of nitrogens with one attached hydrogen (secondary N) is 8. The molecule has 3 aromatic carbocycles. The number of aromatic amines is 1. The van der Waals surface area contributed by atoms with E-state index in [-0.39, 0.29) is 57.1 Å². The molecule has 5 rings (SSSR count). The summed E-state index contributed by atoms with van der Waals surface area (Å²) >= 11 is 0. The van der Waals surface area contributed by atoms with E-state index in [2.05, 4.69) is 36.9 Å². The summed E-state index contributed by atoms with van der Waals surface area (Å²) in [7, 11) is 0. The Labute approximate surface area is 372 Å². The van der Waals surface area contributed by atoms with E-state index in [0.29, 0.717) is 5.56 Å². The summed E-state index contributed by atoms with van der Waals surface area (Å²) in [5.74, 6) is -4.01. The molecule has 0 unspecified atom stereocenters. The number of benzene rings is 3. The van der Waals surface area contributed by atoms with Crippen LogP contribution in [0.5, 0.6) is 0 Å². The van der Waals surface area contributed by atoms with Crippen molar-refractivity contribution in [1.82, 2.24) is 36.9 Å². The Kier molecular flexibility index (Phi) is 17.2. The molecule has 5 atom stereocenters. The van der Waals surface area contributed by atoms with Crippen LogP contribution in [0.15, 0.2) is 103 Å². The lowest BCUT2D eigenvalue weighted by molar-refractivity contribution is -0.134. The molecule has 0 aliphatic heterocycles. The van der Waals surface area contributed by atoms with Gasteiger partial charge in [-0.1, -0.05) is 91.0 Å². The number of carbonyl (C=O) groups excluding carboxylic acids is 6. The Hall–Kier alpha value is -7.43. The Morgan fingerprint density at radius 1 is 0.719 bits per heavy atom. The fraction of sp³-hybridized carbons (Fsp3) is 0.340. The minimum absolute atomic E-state index is 0.0129. The quantitative estimate of drug-likeness (QED) is 0.0240. The van der Waals surface area contributed by atoms with E-state index in [1.807, 2.05) is 72.8 Å². The van der Waals surface area contributed by atoms with Crippen molar-refractivity contribution < 1.29 is 33.5 Å². The highest BCUT2D eigenvalue weighted by atomic mass is 16.5. The van der Waals surface area contributed by atoms with Crippen LogP contribution in [0.1, 0.15) is 69.1 Å². The fourth-order valence-electron chi connectivity index (χ4n) is 7.55. The predicted molar refractivity (Wildman–Crippen MR) is 245 cm³/mol. The zero-order valence-corrected chi connectivity index (χ0v) is 36.2. The van der Waals surface area contributed by atoms with Crippen LogP contribution in [0.3, 0.4) is 0 Å². The zero-order chi connectivity index (χ0) is 46.2. The molecule has 338 valence electrons. The van der Waals surface area contributed by atoms with Crippen LogP contribution in [0.2, 0.25) is 0 Å². The van der Waals surface area contributed by atoms with Gasteiger partial charge in [0.05, 0.1) is 0 Å². The highest BCUT2D eigenvalue weighted by Gasteiger charge is 2.33. The molecule has 0 radical (unpaired) electrons. The molecule has 4 aromatic rings. The van der Waals surface area contributed by atoms with Crippen LogP contribution < -0.4 is 43.4 Å². The average Bonchev–Trinajstić information content (AvgIpc) is 3.84. The maximum atomic E-state index is 14.2. The number of carbonyl (C=O) groups is 6. The van der Waals surface area contributed by atoms with E-state index >= 15 is 0 Å². The van der Waals surface area contributed by atoms with Crippen molar-refractivity contribution in [2.75, 3.05) is 13.2 Å². The summed E-state index contributed by atoms with van der Waals surface area (Å²) < 4.78 is 5.70. The number of hydrogen-bond acceptors (Lipinski definition) is 8. The summed E-state index contributed by atoms with van der Waals surface area (Å²) in [6.07, 6.45) is 8.30. The molecule has 1 aromatic heterocycles. The third-order valence-electron chi connectivity index (χ3n) is 10.9. The van der Waals surface area contributed by atoms with Gasteiger partial charge in [-0.2, -0.15) is 0 Å². The van der Waals surface area contributed by atoms with Gasteiger partial charge in [-0.3, -0.25) is 29.4 Å². The van der Waals surface area contributed by atoms with E-state index < -0.39 is 65.8 Å². The maximum absolute atomic E-state index is 14.2. The Bertz CT molecular complexity index is 2330. The van der Waals surface area contributed by atoms with Crippen LogP contribution >= 0.6 is 0 Å². The number of ether oxygens (including phenoxy) is 1. The molecule has 0 fully saturated rings. The molecule has 64 heavy (non-hydrogen) atoms. The molecule has 1 aliphatic rings. The molecular formula is C47H58N10O7. The number of primary amides is 1. The maximum Gasteiger partial charge on any atom is 0.407 e. The highest BCUT2D eigenvalue weighted by molar-refractivity contribution is 5.96. The molecule has 6 amide bonds. The van der Waals surface area contributed by atoms with E-state index in [1.54, 1.807) is 44.3 Å². The van der Waals surface area contributed by atoms with Gasteiger partial charge in [-0.25, -0.2) is 4.79 Å². The monoisotopic (exact) mass is 874 g/mol. The van der Waals surface area contributed by atoms with Crippen molar-refractivity contribution in [2.45, 2.75) is 89.0 Å². The predicted octanol–water partition coefficient (Wildman–Crippen LogP) is 3.26. The first kappa shape index (κ1) is 47.6. The van der Waals surface area contributed by atoms with Gasteiger partial charge < -0.3 is 53.1 Å². The van der Waals surface area contributed by atoms with E-state index in [9.17, 15) is 28.8 Å². The number of alkyl carbamates (subject to hydrolysis) is 1. The number of guanidine groups is 1. The first-order valence-corrected chi connectivity index (χ1v) is 21.3. The van der Waals surface area contributed by atoms with E-state index in [1.165, 1.54) is 6.92 Å². The van der Waals surface area contributed by atoms with Gasteiger partial charge in [-0.05, 0) is 80.3 Å². The Morgan fingerprint density at radius 3 is 1.92 bits per heavy atom. The lowest BCUT2D eigenvalue weighted by Gasteiger charge is -2.26. The number of hydrogen-bond donors (Lipinski definition) is 10. The van der Waals surface area contributed by atoms with Crippen LogP contribution in [0.25, 0.3) is 22.0 Å². The van der Waals surface area contributed by atoms with Crippen LogP contribution in [-0.4, -0.2) is 89.9 Å². The molecule has 0 spiro atoms. The van der Waals surface area contributed by atoms with Crippen molar-refractivity contribution in [1.29, 1.82) is 5.41 Å². The molecule has 17 nitrogen and oxygen atoms in total. The smallest absolute Gasteiger partial charge is 0.407 e. The number of amides is 6. The Morgan fingerprint density at radius 2 is 1.28 bits per heavy atom. The summed E-state index contributed by atoms with van der Waals surface area (Å²) in [4.78, 5) is 84.1. The van der Waals surface area contributed by atoms with Crippen molar-refractivity contribution >= 4 is 52.5 Å². The molecule has 0 saturated heterocycles. The molecule has 1 heterocycles. The summed E-state index contributed by atoms with van der Waals surface area (Å²) in [5, 5.41) is 24.3. The lowest BCUT2D eigenvalue weighted by atomic mass is 9.98. The van der Waals surface area contributed by atoms with Gasteiger partial charge in [0, 0.05) is 36.0 Å². The van der Waals surface area contributed by atoms with Crippen molar-refractivity contribution in [2.24, 2.45) is 11.5 Å². The SMILES string of the molecule is CC=CC[C@H](NC(=O)OCC1c2ccccc2-c2ccccc21)C(=O)N[C@@H](C)C(=O)N[C@@H](Cc1c[nH]c2ccccc12)C(=O)N[C@@H](CCCNC(=N)N)C(=O)N[C@@H](C/C=C/C)C(N)=O. The minimum Gasteiger partial charge on any atom is -0.449 e. The second-order valence-corrected chi connectivity index (χ2v) is 15.5. The minimum atomic E-state index is -1.26. The molecule has 0 bridgehead atoms. The van der Waals surface area contributed by atoms with Crippen molar-refractivity contribution in [3.63, 3.8) is 0 Å². The number of allylic oxidation sites excluding steroid dienone is 2. The number of rotatable bonds is 22. The summed E-state index contributed by atoms with van der Waals surface area (Å²) in [6.45, 7) is 5.22. The summed E-state index contributed by atoms with van der Waals surface area (Å²) in [6, 6.07) is 17.5. The molecule has 12 N–H and O–H groups in total. The number of nitrogens with two attached hydrogens (primary N) is 2. The average molecular weight is 875 g/mol. The third kappa shape index (κ3) is 12.8. The normalized spacial score (nSPS) is 14.4. The fourth-order valence-corrected chi connectivity index (χ4v) is 7.55. The first-order chi connectivity index (χ1) is 30.8. The standard InChI is InChI=1S/C47H58N10O7/c1-4-6-20-37(41(48)58)54-44(61)38(23-14-24-51-46(49)50)55-45(62)40(25-29-26-52-36-22-13-12-15-30(29)36)56-42(59)28(3)53-43(60)39(21-7-5-2)57-47(63)64-27-35-33-18-10-8-16-31(33)32-17-9-11-19-34(32)35/h4-13,15-19,22,26,28,35,37-40,52H,14,20-21,23-25,27H2,1-3H3,(H2,48,58)(H,53,60)(H,54,61)(H,55,62)(H,56,59)(H,57,63)(H4,49,50,51)/b6-4+,7-5?/t28-,37-,38-,39-,40-/m0/s1. The van der Waals surface area contributed by atoms with Gasteiger partial charge in [0.2, 0.25) is 29.5 Å². The first-order valence-electron chi connectivity index (χ1n) is 21.3. The number of aromatic nitrogens is 1. The third-order valence-corrected chi connectivity index (χ3v) is 10.9. The van der Waals surface area contributed by atoms with Crippen LogP contribution in [0, 0.1) is 5.41 Å². The van der Waals surface area contributed by atoms with Gasteiger partial charge >= 0.3 is 6.09 Å². The zero-order valence-electron chi connectivity index (χ0n) is 36.2. The largest absolute Gasteiger partial charge is 0.449 e. The van der Waals surface area contributed by atoms with Crippen LogP contribution in [0.4, 0.5) is 4.79 Å². The summed E-state index contributed by atoms with van der Waals surface area (Å²) in [5.41, 5.74) is 16.7. The van der Waals surface area contributed by atoms with Crippen molar-refractivity contribution in [3.8, 4) is 11.1 Å². The Balaban J connectivity index is 1.29.